The van der Waals surface area contributed by atoms with Crippen molar-refractivity contribution in [1.29, 1.82) is 0 Å². The minimum Gasteiger partial charge on any atom is -0.450 e. The van der Waals surface area contributed by atoms with Crippen molar-refractivity contribution in [3.8, 4) is 0 Å². The van der Waals surface area contributed by atoms with Gasteiger partial charge in [0.2, 0.25) is 0 Å². The topological polar surface area (TPSA) is 46.5 Å². The lowest BCUT2D eigenvalue weighted by Gasteiger charge is -1.97. The Labute approximate surface area is 68.5 Å². The number of halogens is 1. The predicted octanol–water partition coefficient (Wildman–Crippen LogP) is 2.25. The predicted molar refractivity (Wildman–Crippen MR) is 41.6 cm³/mol. The van der Waals surface area contributed by atoms with Gasteiger partial charge in [-0.3, -0.25) is 0 Å². The van der Waals surface area contributed by atoms with Gasteiger partial charge in [-0.1, -0.05) is 15.9 Å². The summed E-state index contributed by atoms with van der Waals surface area (Å²) in [5, 5.41) is 9.01. The molecule has 0 spiro atoms. The maximum absolute atomic E-state index is 9.80. The molecule has 0 heterocycles. The molecule has 0 aliphatic carbocycles. The zero-order valence-electron chi connectivity index (χ0n) is 5.68. The summed E-state index contributed by atoms with van der Waals surface area (Å²) in [5.41, 5.74) is 0. The molecule has 0 atom stereocenters. The number of unbranched alkanes of at least 4 members (excludes halogenated alkanes) is 2. The van der Waals surface area contributed by atoms with E-state index in [-0.39, 0.29) is 0 Å². The first-order valence-corrected chi connectivity index (χ1v) is 4.31. The lowest BCUT2D eigenvalue weighted by atomic mass is 10.3. The highest BCUT2D eigenvalue weighted by Gasteiger charge is 1.94. The minimum absolute atomic E-state index is 0.322. The Balaban J connectivity index is 2.84. The molecule has 0 fully saturated rings. The molecular formula is C6H11BrO3. The van der Waals surface area contributed by atoms with Crippen LogP contribution in [0.1, 0.15) is 19.3 Å². The molecule has 0 unspecified atom stereocenters. The van der Waals surface area contributed by atoms with E-state index >= 15 is 0 Å². The molecule has 0 amide bonds. The number of ether oxygens (including phenoxy) is 1. The van der Waals surface area contributed by atoms with Crippen LogP contribution in [0.25, 0.3) is 0 Å². The monoisotopic (exact) mass is 210 g/mol. The molecule has 4 heteroatoms. The molecule has 0 aromatic heterocycles. The summed E-state index contributed by atoms with van der Waals surface area (Å²) in [5.74, 6) is 0. The van der Waals surface area contributed by atoms with E-state index in [0.717, 1.165) is 24.6 Å². The maximum Gasteiger partial charge on any atom is 0.505 e. The average molecular weight is 211 g/mol. The summed E-state index contributed by atoms with van der Waals surface area (Å²) in [6, 6.07) is 0. The van der Waals surface area contributed by atoms with Gasteiger partial charge < -0.3 is 9.84 Å². The second-order valence-electron chi connectivity index (χ2n) is 1.86. The van der Waals surface area contributed by atoms with Crippen LogP contribution in [0, 0.1) is 0 Å². The van der Waals surface area contributed by atoms with Gasteiger partial charge in [-0.05, 0) is 19.3 Å². The van der Waals surface area contributed by atoms with Crippen molar-refractivity contribution in [2.45, 2.75) is 19.3 Å². The van der Waals surface area contributed by atoms with Crippen molar-refractivity contribution in [1.82, 2.24) is 0 Å². The van der Waals surface area contributed by atoms with Crippen molar-refractivity contribution in [3.63, 3.8) is 0 Å². The van der Waals surface area contributed by atoms with Crippen molar-refractivity contribution in [2.24, 2.45) is 0 Å². The molecule has 10 heavy (non-hydrogen) atoms. The van der Waals surface area contributed by atoms with Crippen LogP contribution in [0.15, 0.2) is 0 Å². The summed E-state index contributed by atoms with van der Waals surface area (Å²) in [7, 11) is 0. The molecule has 0 saturated carbocycles. The van der Waals surface area contributed by atoms with Crippen molar-refractivity contribution >= 4 is 22.1 Å². The molecule has 1 N–H and O–H groups in total. The van der Waals surface area contributed by atoms with Gasteiger partial charge in [0.15, 0.2) is 0 Å². The van der Waals surface area contributed by atoms with E-state index in [1.54, 1.807) is 0 Å². The maximum atomic E-state index is 9.80. The zero-order valence-corrected chi connectivity index (χ0v) is 7.26. The Morgan fingerprint density at radius 2 is 2.10 bits per heavy atom. The smallest absolute Gasteiger partial charge is 0.450 e. The van der Waals surface area contributed by atoms with E-state index in [2.05, 4.69) is 20.7 Å². The van der Waals surface area contributed by atoms with Crippen LogP contribution in [0.2, 0.25) is 0 Å². The number of alkyl halides is 1. The highest BCUT2D eigenvalue weighted by molar-refractivity contribution is 9.09. The van der Waals surface area contributed by atoms with Crippen LogP contribution >= 0.6 is 15.9 Å². The SMILES string of the molecule is O=C(O)OCCCCCBr. The summed E-state index contributed by atoms with van der Waals surface area (Å²) >= 11 is 3.27. The quantitative estimate of drug-likeness (QED) is 0.431. The summed E-state index contributed by atoms with van der Waals surface area (Å²) in [6.07, 6.45) is 1.72. The standard InChI is InChI=1S/C6H11BrO3/c7-4-2-1-3-5-10-6(8)9/h1-5H2,(H,8,9). The molecule has 0 bridgehead atoms. The van der Waals surface area contributed by atoms with Gasteiger partial charge in [-0.15, -0.1) is 0 Å². The van der Waals surface area contributed by atoms with Crippen molar-refractivity contribution in [3.05, 3.63) is 0 Å². The third kappa shape index (κ3) is 7.75. The van der Waals surface area contributed by atoms with Gasteiger partial charge in [-0.2, -0.15) is 0 Å². The fourth-order valence-corrected chi connectivity index (χ4v) is 0.929. The molecule has 0 aliphatic heterocycles. The van der Waals surface area contributed by atoms with Gasteiger partial charge >= 0.3 is 6.16 Å². The Morgan fingerprint density at radius 1 is 1.40 bits per heavy atom. The lowest BCUT2D eigenvalue weighted by Crippen LogP contribution is -2.01. The van der Waals surface area contributed by atoms with E-state index in [1.807, 2.05) is 0 Å². The normalized spacial score (nSPS) is 9.30. The fraction of sp³-hybridized carbons (Fsp3) is 0.833. The lowest BCUT2D eigenvalue weighted by molar-refractivity contribution is 0.0901. The third-order valence-corrected chi connectivity index (χ3v) is 1.56. The van der Waals surface area contributed by atoms with Crippen LogP contribution in [0.5, 0.6) is 0 Å². The largest absolute Gasteiger partial charge is 0.505 e. The average Bonchev–Trinajstić information content (AvgIpc) is 1.87. The molecule has 0 radical (unpaired) electrons. The van der Waals surface area contributed by atoms with Crippen LogP contribution in [0.4, 0.5) is 4.79 Å². The first-order chi connectivity index (χ1) is 4.77. The summed E-state index contributed by atoms with van der Waals surface area (Å²) in [4.78, 5) is 9.80. The Bertz CT molecular complexity index is 95.0. The first-order valence-electron chi connectivity index (χ1n) is 3.19. The first kappa shape index (κ1) is 9.75. The van der Waals surface area contributed by atoms with Crippen molar-refractivity contribution < 1.29 is 14.6 Å². The Morgan fingerprint density at radius 3 is 2.60 bits per heavy atom. The van der Waals surface area contributed by atoms with Crippen molar-refractivity contribution in [2.75, 3.05) is 11.9 Å². The fourth-order valence-electron chi connectivity index (χ4n) is 0.533. The number of carboxylic acid groups (broad SMARTS) is 1. The molecule has 0 aromatic rings. The van der Waals surface area contributed by atoms with Gasteiger partial charge in [0.1, 0.15) is 0 Å². The second kappa shape index (κ2) is 6.86. The van der Waals surface area contributed by atoms with Gasteiger partial charge in [0.05, 0.1) is 6.61 Å². The number of hydrogen-bond donors (Lipinski definition) is 1. The second-order valence-corrected chi connectivity index (χ2v) is 2.66. The van der Waals surface area contributed by atoms with E-state index in [9.17, 15) is 4.79 Å². The highest BCUT2D eigenvalue weighted by atomic mass is 79.9. The van der Waals surface area contributed by atoms with Crippen LogP contribution in [0.3, 0.4) is 0 Å². The molecule has 0 aliphatic rings. The van der Waals surface area contributed by atoms with E-state index in [4.69, 9.17) is 5.11 Å². The third-order valence-electron chi connectivity index (χ3n) is 1.00. The van der Waals surface area contributed by atoms with Crippen LogP contribution in [-0.4, -0.2) is 23.2 Å². The van der Waals surface area contributed by atoms with Crippen LogP contribution in [-0.2, 0) is 4.74 Å². The van der Waals surface area contributed by atoms with Crippen LogP contribution < -0.4 is 0 Å². The number of hydrogen-bond acceptors (Lipinski definition) is 2. The number of rotatable bonds is 5. The van der Waals surface area contributed by atoms with E-state index in [1.165, 1.54) is 0 Å². The molecule has 0 saturated heterocycles. The summed E-state index contributed by atoms with van der Waals surface area (Å²) < 4.78 is 4.29. The van der Waals surface area contributed by atoms with Gasteiger partial charge in [0, 0.05) is 5.33 Å². The van der Waals surface area contributed by atoms with Gasteiger partial charge in [-0.25, -0.2) is 4.79 Å². The summed E-state index contributed by atoms with van der Waals surface area (Å²) in [6.45, 7) is 0.322. The Kier molecular flexibility index (Phi) is 6.69. The molecule has 3 nitrogen and oxygen atoms in total. The molecule has 0 aromatic carbocycles. The Hall–Kier alpha value is -0.250. The molecular weight excluding hydrogens is 200 g/mol. The molecule has 0 rings (SSSR count). The van der Waals surface area contributed by atoms with Gasteiger partial charge in [0.25, 0.3) is 0 Å². The highest BCUT2D eigenvalue weighted by Crippen LogP contribution is 1.98. The minimum atomic E-state index is -1.18. The van der Waals surface area contributed by atoms with E-state index < -0.39 is 6.16 Å². The number of carbonyl (C=O) groups is 1. The molecule has 60 valence electrons. The zero-order chi connectivity index (χ0) is 7.82. The van der Waals surface area contributed by atoms with E-state index in [0.29, 0.717) is 6.61 Å².